The lowest BCUT2D eigenvalue weighted by Crippen LogP contribution is -2.41. The SMILES string of the molecule is CCc1cc2c(N3CCC[C@H](C(=O)Nc4cccc(OC)c4)C3)ncnc2s1. The molecular weight excluding hydrogens is 372 g/mol. The van der Waals surface area contributed by atoms with E-state index in [1.165, 1.54) is 4.88 Å². The molecule has 1 aliphatic rings. The monoisotopic (exact) mass is 396 g/mol. The first-order valence-electron chi connectivity index (χ1n) is 9.61. The van der Waals surface area contributed by atoms with E-state index in [1.54, 1.807) is 24.8 Å². The van der Waals surface area contributed by atoms with Crippen LogP contribution in [0.25, 0.3) is 10.2 Å². The van der Waals surface area contributed by atoms with Crippen molar-refractivity contribution in [1.82, 2.24) is 9.97 Å². The van der Waals surface area contributed by atoms with Gasteiger partial charge in [-0.2, -0.15) is 0 Å². The van der Waals surface area contributed by atoms with Crippen molar-refractivity contribution >= 4 is 39.0 Å². The molecule has 7 heteroatoms. The Hall–Kier alpha value is -2.67. The maximum atomic E-state index is 12.8. The van der Waals surface area contributed by atoms with Gasteiger partial charge in [-0.15, -0.1) is 11.3 Å². The van der Waals surface area contributed by atoms with Gasteiger partial charge in [0.15, 0.2) is 0 Å². The number of hydrogen-bond donors (Lipinski definition) is 1. The number of aryl methyl sites for hydroxylation is 1. The summed E-state index contributed by atoms with van der Waals surface area (Å²) < 4.78 is 5.24. The average molecular weight is 397 g/mol. The van der Waals surface area contributed by atoms with Crippen molar-refractivity contribution in [2.75, 3.05) is 30.4 Å². The van der Waals surface area contributed by atoms with Crippen LogP contribution in [0.1, 0.15) is 24.6 Å². The minimum Gasteiger partial charge on any atom is -0.497 e. The van der Waals surface area contributed by atoms with E-state index >= 15 is 0 Å². The molecule has 6 nitrogen and oxygen atoms in total. The molecule has 28 heavy (non-hydrogen) atoms. The highest BCUT2D eigenvalue weighted by atomic mass is 32.1. The first-order valence-corrected chi connectivity index (χ1v) is 10.4. The highest BCUT2D eigenvalue weighted by Gasteiger charge is 2.28. The van der Waals surface area contributed by atoms with Gasteiger partial charge in [-0.3, -0.25) is 4.79 Å². The van der Waals surface area contributed by atoms with Gasteiger partial charge in [-0.1, -0.05) is 13.0 Å². The first kappa shape index (κ1) is 18.7. The molecule has 3 aromatic rings. The van der Waals surface area contributed by atoms with E-state index in [1.807, 2.05) is 24.3 Å². The molecule has 0 saturated carbocycles. The van der Waals surface area contributed by atoms with Crippen LogP contribution in [0.4, 0.5) is 11.5 Å². The standard InChI is InChI=1S/C21H24N4O2S/c1-3-17-11-18-19(22-13-23-21(18)28-17)25-9-5-6-14(12-25)20(26)24-15-7-4-8-16(10-15)27-2/h4,7-8,10-11,13-14H,3,5-6,9,12H2,1-2H3,(H,24,26)/t14-/m0/s1. The summed E-state index contributed by atoms with van der Waals surface area (Å²) in [6.07, 6.45) is 4.47. The van der Waals surface area contributed by atoms with Gasteiger partial charge < -0.3 is 15.0 Å². The molecule has 1 amide bonds. The van der Waals surface area contributed by atoms with Crippen LogP contribution in [0.15, 0.2) is 36.7 Å². The van der Waals surface area contributed by atoms with Crippen LogP contribution in [0.3, 0.4) is 0 Å². The van der Waals surface area contributed by atoms with Crippen molar-refractivity contribution in [2.24, 2.45) is 5.92 Å². The van der Waals surface area contributed by atoms with Crippen molar-refractivity contribution in [3.05, 3.63) is 41.5 Å². The number of piperidine rings is 1. The second-order valence-electron chi connectivity index (χ2n) is 6.99. The summed E-state index contributed by atoms with van der Waals surface area (Å²) in [6, 6.07) is 9.65. The molecule has 2 aromatic heterocycles. The maximum Gasteiger partial charge on any atom is 0.229 e. The third kappa shape index (κ3) is 3.80. The number of anilines is 2. The molecule has 0 bridgehead atoms. The van der Waals surface area contributed by atoms with Gasteiger partial charge in [-0.25, -0.2) is 9.97 Å². The maximum absolute atomic E-state index is 12.8. The highest BCUT2D eigenvalue weighted by Crippen LogP contribution is 2.33. The zero-order valence-electron chi connectivity index (χ0n) is 16.1. The smallest absolute Gasteiger partial charge is 0.229 e. The van der Waals surface area contributed by atoms with Crippen LogP contribution in [0.2, 0.25) is 0 Å². The number of carbonyl (C=O) groups excluding carboxylic acids is 1. The third-order valence-electron chi connectivity index (χ3n) is 5.14. The number of aromatic nitrogens is 2. The van der Waals surface area contributed by atoms with Gasteiger partial charge in [0.25, 0.3) is 0 Å². The molecule has 1 N–H and O–H groups in total. The predicted molar refractivity (Wildman–Crippen MR) is 113 cm³/mol. The van der Waals surface area contributed by atoms with Gasteiger partial charge in [-0.05, 0) is 37.5 Å². The molecule has 1 fully saturated rings. The summed E-state index contributed by atoms with van der Waals surface area (Å²) in [4.78, 5) is 26.4. The molecule has 0 unspecified atom stereocenters. The Morgan fingerprint density at radius 1 is 1.36 bits per heavy atom. The molecule has 1 saturated heterocycles. The fourth-order valence-electron chi connectivity index (χ4n) is 3.65. The van der Waals surface area contributed by atoms with E-state index < -0.39 is 0 Å². The number of nitrogens with one attached hydrogen (secondary N) is 1. The fraction of sp³-hybridized carbons (Fsp3) is 0.381. The Bertz CT molecular complexity index is 987. The summed E-state index contributed by atoms with van der Waals surface area (Å²) in [5, 5.41) is 4.13. The number of thiophene rings is 1. The van der Waals surface area contributed by atoms with Crippen molar-refractivity contribution < 1.29 is 9.53 Å². The average Bonchev–Trinajstić information content (AvgIpc) is 3.17. The second-order valence-corrected chi connectivity index (χ2v) is 8.10. The summed E-state index contributed by atoms with van der Waals surface area (Å²) in [6.45, 7) is 3.73. The summed E-state index contributed by atoms with van der Waals surface area (Å²) in [7, 11) is 1.62. The lowest BCUT2D eigenvalue weighted by molar-refractivity contribution is -0.120. The Morgan fingerprint density at radius 2 is 2.25 bits per heavy atom. The van der Waals surface area contributed by atoms with E-state index in [9.17, 15) is 4.79 Å². The van der Waals surface area contributed by atoms with E-state index in [0.29, 0.717) is 6.54 Å². The van der Waals surface area contributed by atoms with Crippen molar-refractivity contribution in [3.63, 3.8) is 0 Å². The number of carbonyl (C=O) groups is 1. The topological polar surface area (TPSA) is 67.4 Å². The van der Waals surface area contributed by atoms with Gasteiger partial charge in [0.05, 0.1) is 18.4 Å². The molecule has 4 rings (SSSR count). The molecule has 146 valence electrons. The molecule has 0 spiro atoms. The minimum absolute atomic E-state index is 0.0443. The molecule has 0 aliphatic carbocycles. The molecule has 1 aliphatic heterocycles. The zero-order valence-corrected chi connectivity index (χ0v) is 17.0. The third-order valence-corrected chi connectivity index (χ3v) is 6.32. The largest absolute Gasteiger partial charge is 0.497 e. The number of benzene rings is 1. The summed E-state index contributed by atoms with van der Waals surface area (Å²) >= 11 is 1.72. The van der Waals surface area contributed by atoms with Crippen LogP contribution in [0, 0.1) is 5.92 Å². The van der Waals surface area contributed by atoms with Crippen molar-refractivity contribution in [2.45, 2.75) is 26.2 Å². The second kappa shape index (κ2) is 8.14. The Labute approximate surface area is 168 Å². The lowest BCUT2D eigenvalue weighted by atomic mass is 9.96. The number of rotatable bonds is 5. The van der Waals surface area contributed by atoms with E-state index in [2.05, 4.69) is 33.2 Å². The normalized spacial score (nSPS) is 16.9. The molecule has 1 atom stereocenters. The van der Waals surface area contributed by atoms with Gasteiger partial charge in [0, 0.05) is 29.7 Å². The molecule has 3 heterocycles. The van der Waals surface area contributed by atoms with Crippen molar-refractivity contribution in [3.8, 4) is 5.75 Å². The number of fused-ring (bicyclic) bond motifs is 1. The zero-order chi connectivity index (χ0) is 19.5. The van der Waals surface area contributed by atoms with E-state index in [0.717, 1.165) is 53.3 Å². The van der Waals surface area contributed by atoms with Crippen LogP contribution in [0.5, 0.6) is 5.75 Å². The Balaban J connectivity index is 1.51. The molecule has 0 radical (unpaired) electrons. The Kier molecular flexibility index (Phi) is 5.43. The number of methoxy groups -OCH3 is 1. The Morgan fingerprint density at radius 3 is 3.07 bits per heavy atom. The van der Waals surface area contributed by atoms with Gasteiger partial charge >= 0.3 is 0 Å². The minimum atomic E-state index is -0.0748. The number of ether oxygens (including phenoxy) is 1. The summed E-state index contributed by atoms with van der Waals surface area (Å²) in [5.41, 5.74) is 0.760. The summed E-state index contributed by atoms with van der Waals surface area (Å²) in [5.74, 6) is 1.65. The number of nitrogens with zero attached hydrogens (tertiary/aromatic N) is 3. The van der Waals surface area contributed by atoms with E-state index in [-0.39, 0.29) is 11.8 Å². The quantitative estimate of drug-likeness (QED) is 0.703. The number of hydrogen-bond acceptors (Lipinski definition) is 6. The lowest BCUT2D eigenvalue weighted by Gasteiger charge is -2.33. The molecular formula is C21H24N4O2S. The van der Waals surface area contributed by atoms with Crippen LogP contribution in [-0.4, -0.2) is 36.1 Å². The highest BCUT2D eigenvalue weighted by molar-refractivity contribution is 7.18. The van der Waals surface area contributed by atoms with Gasteiger partial charge in [0.2, 0.25) is 5.91 Å². The van der Waals surface area contributed by atoms with Crippen LogP contribution >= 0.6 is 11.3 Å². The predicted octanol–water partition coefficient (Wildman–Crippen LogP) is 4.12. The number of amides is 1. The molecule has 1 aromatic carbocycles. The fourth-order valence-corrected chi connectivity index (χ4v) is 4.58. The van der Waals surface area contributed by atoms with Crippen molar-refractivity contribution in [1.29, 1.82) is 0 Å². The van der Waals surface area contributed by atoms with Crippen LogP contribution < -0.4 is 15.0 Å². The van der Waals surface area contributed by atoms with Gasteiger partial charge in [0.1, 0.15) is 22.7 Å². The first-order chi connectivity index (χ1) is 13.7. The van der Waals surface area contributed by atoms with E-state index in [4.69, 9.17) is 4.74 Å². The van der Waals surface area contributed by atoms with Crippen LogP contribution in [-0.2, 0) is 11.2 Å².